The summed E-state index contributed by atoms with van der Waals surface area (Å²) in [5, 5.41) is 11.5. The van der Waals surface area contributed by atoms with Gasteiger partial charge in [0.25, 0.3) is 5.69 Å². The number of rotatable bonds is 1. The number of nitro benzene ring substituents is 1. The van der Waals surface area contributed by atoms with Gasteiger partial charge in [-0.3, -0.25) is 15.1 Å². The molecule has 0 spiro atoms. The second-order valence-corrected chi connectivity index (χ2v) is 5.32. The van der Waals surface area contributed by atoms with Crippen molar-refractivity contribution in [2.24, 2.45) is 0 Å². The van der Waals surface area contributed by atoms with Gasteiger partial charge in [-0.15, -0.1) is 11.8 Å². The van der Waals surface area contributed by atoms with Crippen LogP contribution in [-0.4, -0.2) is 15.7 Å². The van der Waals surface area contributed by atoms with Crippen molar-refractivity contribution >= 4 is 34.0 Å². The number of thioether (sulfide) groups is 1. The van der Waals surface area contributed by atoms with Crippen LogP contribution in [-0.2, 0) is 6.42 Å². The Morgan fingerprint density at radius 2 is 2.28 bits per heavy atom. The second-order valence-electron chi connectivity index (χ2n) is 4.21. The van der Waals surface area contributed by atoms with Gasteiger partial charge in [-0.25, -0.2) is 0 Å². The van der Waals surface area contributed by atoms with Crippen molar-refractivity contribution < 1.29 is 4.92 Å². The highest BCUT2D eigenvalue weighted by Crippen LogP contribution is 2.38. The van der Waals surface area contributed by atoms with E-state index in [0.717, 1.165) is 34.7 Å². The van der Waals surface area contributed by atoms with Crippen molar-refractivity contribution in [2.45, 2.75) is 17.7 Å². The minimum Gasteiger partial charge on any atom is -0.397 e. The Bertz CT molecular complexity index is 657. The normalized spacial score (nSPS) is 14.4. The molecule has 92 valence electrons. The minimum absolute atomic E-state index is 0.0526. The van der Waals surface area contributed by atoms with Crippen LogP contribution in [0.5, 0.6) is 0 Å². The number of aryl methyl sites for hydroxylation is 1. The van der Waals surface area contributed by atoms with Gasteiger partial charge in [0.15, 0.2) is 0 Å². The lowest BCUT2D eigenvalue weighted by molar-refractivity contribution is -0.384. The first-order valence-corrected chi connectivity index (χ1v) is 6.64. The van der Waals surface area contributed by atoms with Crippen LogP contribution >= 0.6 is 11.8 Å². The number of nitro groups is 1. The topological polar surface area (TPSA) is 82.0 Å². The third-order valence-corrected chi connectivity index (χ3v) is 4.28. The fourth-order valence-corrected chi connectivity index (χ4v) is 3.24. The molecule has 0 amide bonds. The molecular weight excluding hydrogens is 250 g/mol. The summed E-state index contributed by atoms with van der Waals surface area (Å²) in [4.78, 5) is 15.9. The van der Waals surface area contributed by atoms with Crippen molar-refractivity contribution in [3.8, 4) is 0 Å². The van der Waals surface area contributed by atoms with E-state index in [1.165, 1.54) is 12.1 Å². The maximum absolute atomic E-state index is 10.8. The number of aromatic nitrogens is 1. The van der Waals surface area contributed by atoms with Crippen molar-refractivity contribution in [2.75, 3.05) is 11.5 Å². The van der Waals surface area contributed by atoms with E-state index < -0.39 is 4.92 Å². The van der Waals surface area contributed by atoms with Crippen LogP contribution < -0.4 is 5.73 Å². The van der Waals surface area contributed by atoms with Gasteiger partial charge in [-0.2, -0.15) is 0 Å². The molecule has 2 heterocycles. The summed E-state index contributed by atoms with van der Waals surface area (Å²) in [6.07, 6.45) is 2.03. The molecule has 0 unspecified atom stereocenters. The van der Waals surface area contributed by atoms with Gasteiger partial charge >= 0.3 is 0 Å². The third-order valence-electron chi connectivity index (χ3n) is 3.05. The van der Waals surface area contributed by atoms with E-state index in [4.69, 9.17) is 5.73 Å². The molecule has 0 radical (unpaired) electrons. The minimum atomic E-state index is -0.411. The smallest absolute Gasteiger partial charge is 0.270 e. The van der Waals surface area contributed by atoms with Crippen molar-refractivity contribution in [3.05, 3.63) is 34.0 Å². The number of pyridine rings is 1. The molecule has 0 fully saturated rings. The summed E-state index contributed by atoms with van der Waals surface area (Å²) in [6, 6.07) is 4.65. The number of fused-ring (bicyclic) bond motifs is 2. The molecule has 2 N–H and O–H groups in total. The Kier molecular flexibility index (Phi) is 2.59. The lowest BCUT2D eigenvalue weighted by Crippen LogP contribution is -2.06. The number of non-ortho nitro benzene ring substituents is 1. The van der Waals surface area contributed by atoms with Crippen LogP contribution in [0.25, 0.3) is 10.9 Å². The molecule has 5 nitrogen and oxygen atoms in total. The Labute approximate surface area is 108 Å². The number of nitrogens with zero attached hydrogens (tertiary/aromatic N) is 2. The summed E-state index contributed by atoms with van der Waals surface area (Å²) >= 11 is 1.69. The Morgan fingerprint density at radius 3 is 3.06 bits per heavy atom. The fourth-order valence-electron chi connectivity index (χ4n) is 2.17. The first-order chi connectivity index (χ1) is 8.66. The highest BCUT2D eigenvalue weighted by atomic mass is 32.2. The maximum Gasteiger partial charge on any atom is 0.270 e. The van der Waals surface area contributed by atoms with Gasteiger partial charge in [0.1, 0.15) is 0 Å². The van der Waals surface area contributed by atoms with Gasteiger partial charge in [-0.1, -0.05) is 0 Å². The van der Waals surface area contributed by atoms with Gasteiger partial charge in [0.2, 0.25) is 0 Å². The molecule has 1 aromatic heterocycles. The Hall–Kier alpha value is -1.82. The van der Waals surface area contributed by atoms with Gasteiger partial charge in [0, 0.05) is 17.5 Å². The van der Waals surface area contributed by atoms with Crippen LogP contribution in [0.4, 0.5) is 11.4 Å². The molecule has 0 bridgehead atoms. The number of hydrogen-bond acceptors (Lipinski definition) is 5. The molecule has 6 heteroatoms. The van der Waals surface area contributed by atoms with Gasteiger partial charge < -0.3 is 5.73 Å². The van der Waals surface area contributed by atoms with E-state index in [1.54, 1.807) is 17.8 Å². The predicted octanol–water partition coefficient (Wildman–Crippen LogP) is 2.76. The van der Waals surface area contributed by atoms with Crippen LogP contribution in [0.2, 0.25) is 0 Å². The highest BCUT2D eigenvalue weighted by Gasteiger charge is 2.18. The fraction of sp³-hybridized carbons (Fsp3) is 0.250. The Balaban J connectivity index is 2.29. The monoisotopic (exact) mass is 261 g/mol. The molecule has 18 heavy (non-hydrogen) atoms. The van der Waals surface area contributed by atoms with Crippen LogP contribution in [0, 0.1) is 10.1 Å². The predicted molar refractivity (Wildman–Crippen MR) is 71.9 cm³/mol. The van der Waals surface area contributed by atoms with Gasteiger partial charge in [-0.05, 0) is 24.7 Å². The summed E-state index contributed by atoms with van der Waals surface area (Å²) in [6.45, 7) is 0. The van der Waals surface area contributed by atoms with Crippen LogP contribution in [0.3, 0.4) is 0 Å². The molecule has 1 aliphatic rings. The van der Waals surface area contributed by atoms with Crippen molar-refractivity contribution in [3.63, 3.8) is 0 Å². The summed E-state index contributed by atoms with van der Waals surface area (Å²) in [5.74, 6) is 1.03. The molecule has 1 aromatic carbocycles. The zero-order chi connectivity index (χ0) is 12.7. The zero-order valence-corrected chi connectivity index (χ0v) is 10.4. The van der Waals surface area contributed by atoms with E-state index in [-0.39, 0.29) is 5.69 Å². The average molecular weight is 261 g/mol. The zero-order valence-electron chi connectivity index (χ0n) is 9.55. The second kappa shape index (κ2) is 4.13. The molecule has 1 aliphatic heterocycles. The first-order valence-electron chi connectivity index (χ1n) is 5.66. The number of nitrogen functional groups attached to an aromatic ring is 1. The first kappa shape index (κ1) is 11.3. The SMILES string of the molecule is Nc1c2c(nc3ccc([N+](=O)[O-])cc13)CCCS2. The summed E-state index contributed by atoms with van der Waals surface area (Å²) in [7, 11) is 0. The van der Waals surface area contributed by atoms with Crippen molar-refractivity contribution in [1.29, 1.82) is 0 Å². The van der Waals surface area contributed by atoms with Gasteiger partial charge in [0.05, 0.1) is 26.7 Å². The van der Waals surface area contributed by atoms with E-state index in [1.807, 2.05) is 0 Å². The molecule has 0 atom stereocenters. The summed E-state index contributed by atoms with van der Waals surface area (Å²) < 4.78 is 0. The lowest BCUT2D eigenvalue weighted by Gasteiger charge is -2.17. The van der Waals surface area contributed by atoms with Crippen LogP contribution in [0.1, 0.15) is 12.1 Å². The molecule has 0 saturated carbocycles. The maximum atomic E-state index is 10.8. The number of anilines is 1. The molecule has 3 rings (SSSR count). The quantitative estimate of drug-likeness (QED) is 0.630. The third kappa shape index (κ3) is 1.69. The van der Waals surface area contributed by atoms with E-state index in [2.05, 4.69) is 4.98 Å². The van der Waals surface area contributed by atoms with Crippen LogP contribution in [0.15, 0.2) is 23.1 Å². The van der Waals surface area contributed by atoms with Crippen molar-refractivity contribution in [1.82, 2.24) is 4.98 Å². The molecular formula is C12H11N3O2S. The number of nitrogens with two attached hydrogens (primary N) is 1. The number of benzene rings is 1. The Morgan fingerprint density at radius 1 is 1.44 bits per heavy atom. The molecule has 2 aromatic rings. The number of hydrogen-bond donors (Lipinski definition) is 1. The highest BCUT2D eigenvalue weighted by molar-refractivity contribution is 7.99. The van der Waals surface area contributed by atoms with E-state index in [9.17, 15) is 10.1 Å². The lowest BCUT2D eigenvalue weighted by atomic mass is 10.1. The largest absolute Gasteiger partial charge is 0.397 e. The molecule has 0 saturated heterocycles. The van der Waals surface area contributed by atoms with E-state index in [0.29, 0.717) is 11.1 Å². The van der Waals surface area contributed by atoms with E-state index >= 15 is 0 Å². The molecule has 0 aliphatic carbocycles. The summed E-state index contributed by atoms with van der Waals surface area (Å²) in [5.41, 5.74) is 8.56. The average Bonchev–Trinajstić information content (AvgIpc) is 2.38. The standard InChI is InChI=1S/C12H11N3O2S/c13-11-8-6-7(15(16)17)3-4-9(8)14-10-2-1-5-18-12(10)11/h3-4,6H,1-2,5H2,(H2,13,14).